The molecule has 0 aromatic carbocycles. The summed E-state index contributed by atoms with van der Waals surface area (Å²) < 4.78 is 26.8. The molecule has 0 radical (unpaired) electrons. The van der Waals surface area contributed by atoms with Crippen molar-refractivity contribution in [2.24, 2.45) is 0 Å². The van der Waals surface area contributed by atoms with E-state index in [2.05, 4.69) is 15.0 Å². The zero-order chi connectivity index (χ0) is 12.5. The number of rotatable bonds is 3. The lowest BCUT2D eigenvalue weighted by molar-refractivity contribution is 0.429. The molecule has 0 aliphatic carbocycles. The summed E-state index contributed by atoms with van der Waals surface area (Å²) in [5.41, 5.74) is 0.399. The number of aryl methyl sites for hydroxylation is 1. The van der Waals surface area contributed by atoms with Gasteiger partial charge in [-0.2, -0.15) is 0 Å². The van der Waals surface area contributed by atoms with E-state index in [0.717, 1.165) is 30.7 Å². The van der Waals surface area contributed by atoms with Gasteiger partial charge in [0.1, 0.15) is 0 Å². The quantitative estimate of drug-likeness (QED) is 0.712. The number of nitrogens with one attached hydrogen (secondary N) is 3. The highest BCUT2D eigenvalue weighted by Gasteiger charge is 2.25. The Bertz CT molecular complexity index is 540. The van der Waals surface area contributed by atoms with Crippen molar-refractivity contribution in [2.45, 2.75) is 30.0 Å². The number of piperidine rings is 1. The average Bonchev–Trinajstić information content (AvgIpc) is 2.59. The number of H-pyrrole nitrogens is 1. The third kappa shape index (κ3) is 2.95. The van der Waals surface area contributed by atoms with Gasteiger partial charge in [-0.05, 0) is 26.3 Å². The van der Waals surface area contributed by atoms with E-state index in [4.69, 9.17) is 0 Å². The Hall–Kier alpha value is -0.700. The lowest BCUT2D eigenvalue weighted by atomic mass is 10.1. The number of sulfonamides is 1. The predicted molar refractivity (Wildman–Crippen MR) is 65.9 cm³/mol. The molecule has 1 aromatic heterocycles. The van der Waals surface area contributed by atoms with E-state index in [-0.39, 0.29) is 15.1 Å². The largest absolute Gasteiger partial charge is 0.315 e. The van der Waals surface area contributed by atoms with Crippen LogP contribution in [0.1, 0.15) is 18.5 Å². The van der Waals surface area contributed by atoms with Crippen molar-refractivity contribution in [3.05, 3.63) is 15.4 Å². The molecule has 0 saturated carbocycles. The summed E-state index contributed by atoms with van der Waals surface area (Å²) in [6, 6.07) is -0.0923. The second-order valence-electron chi connectivity index (χ2n) is 4.09. The number of hydrogen-bond acceptors (Lipinski definition) is 5. The normalized spacial score (nSPS) is 21.6. The third-order valence-electron chi connectivity index (χ3n) is 2.64. The van der Waals surface area contributed by atoms with Crippen LogP contribution in [0.4, 0.5) is 0 Å². The van der Waals surface area contributed by atoms with Crippen LogP contribution in [-0.4, -0.2) is 32.5 Å². The van der Waals surface area contributed by atoms with Crippen LogP contribution in [0.2, 0.25) is 0 Å². The van der Waals surface area contributed by atoms with Crippen molar-refractivity contribution in [1.82, 2.24) is 15.0 Å². The Balaban J connectivity index is 2.18. The van der Waals surface area contributed by atoms with Crippen molar-refractivity contribution in [2.75, 3.05) is 13.1 Å². The van der Waals surface area contributed by atoms with Gasteiger partial charge in [0.05, 0.1) is 0 Å². The fourth-order valence-corrected chi connectivity index (χ4v) is 4.46. The zero-order valence-corrected chi connectivity index (χ0v) is 11.1. The maximum absolute atomic E-state index is 12.0. The Morgan fingerprint density at radius 1 is 1.47 bits per heavy atom. The Labute approximate surface area is 103 Å². The molecule has 3 N–H and O–H groups in total. The SMILES string of the molecule is Cc1[nH]c(=O)sc1S(=O)(=O)N[C@@H]1CCCNC1. The van der Waals surface area contributed by atoms with Gasteiger partial charge in [0.25, 0.3) is 10.0 Å². The molecular weight excluding hydrogens is 262 g/mol. The van der Waals surface area contributed by atoms with Crippen LogP contribution in [0.3, 0.4) is 0 Å². The second-order valence-corrected chi connectivity index (χ2v) is 6.98. The van der Waals surface area contributed by atoms with Gasteiger partial charge in [-0.15, -0.1) is 0 Å². The van der Waals surface area contributed by atoms with Gasteiger partial charge < -0.3 is 10.3 Å². The van der Waals surface area contributed by atoms with Crippen molar-refractivity contribution in [1.29, 1.82) is 0 Å². The van der Waals surface area contributed by atoms with Crippen LogP contribution in [0.25, 0.3) is 0 Å². The van der Waals surface area contributed by atoms with Crippen LogP contribution in [0.5, 0.6) is 0 Å². The smallest absolute Gasteiger partial charge is 0.305 e. The van der Waals surface area contributed by atoms with Crippen molar-refractivity contribution in [3.63, 3.8) is 0 Å². The number of hydrogen-bond donors (Lipinski definition) is 3. The minimum atomic E-state index is -3.57. The summed E-state index contributed by atoms with van der Waals surface area (Å²) in [6.45, 7) is 3.15. The molecule has 1 aromatic rings. The molecule has 0 bridgehead atoms. The Morgan fingerprint density at radius 2 is 2.24 bits per heavy atom. The monoisotopic (exact) mass is 277 g/mol. The molecule has 0 amide bonds. The highest BCUT2D eigenvalue weighted by Crippen LogP contribution is 2.17. The predicted octanol–water partition coefficient (Wildman–Crippen LogP) is -0.225. The summed E-state index contributed by atoms with van der Waals surface area (Å²) >= 11 is 0.728. The summed E-state index contributed by atoms with van der Waals surface area (Å²) in [5.74, 6) is 0. The van der Waals surface area contributed by atoms with Crippen LogP contribution in [0.15, 0.2) is 9.00 Å². The molecule has 1 aliphatic rings. The summed E-state index contributed by atoms with van der Waals surface area (Å²) in [6.07, 6.45) is 1.78. The zero-order valence-electron chi connectivity index (χ0n) is 9.45. The van der Waals surface area contributed by atoms with E-state index in [9.17, 15) is 13.2 Å². The van der Waals surface area contributed by atoms with Crippen LogP contribution in [-0.2, 0) is 10.0 Å². The van der Waals surface area contributed by atoms with E-state index in [1.807, 2.05) is 0 Å². The standard InChI is InChI=1S/C9H15N3O3S2/c1-6-8(16-9(13)11-6)17(14,15)12-7-3-2-4-10-5-7/h7,10,12H,2-5H2,1H3,(H,11,13)/t7-/m1/s1. The molecule has 17 heavy (non-hydrogen) atoms. The number of aromatic amines is 1. The molecule has 1 atom stereocenters. The summed E-state index contributed by atoms with van der Waals surface area (Å²) in [4.78, 5) is 13.2. The lowest BCUT2D eigenvalue weighted by Crippen LogP contribution is -2.45. The molecule has 2 heterocycles. The van der Waals surface area contributed by atoms with Crippen LogP contribution < -0.4 is 14.9 Å². The number of aromatic nitrogens is 1. The first-order chi connectivity index (χ1) is 7.99. The molecule has 1 saturated heterocycles. The minimum absolute atomic E-state index is 0.0908. The minimum Gasteiger partial charge on any atom is -0.315 e. The first kappa shape index (κ1) is 12.7. The van der Waals surface area contributed by atoms with Gasteiger partial charge in [0.15, 0.2) is 4.21 Å². The highest BCUT2D eigenvalue weighted by molar-refractivity contribution is 7.91. The van der Waals surface area contributed by atoms with E-state index >= 15 is 0 Å². The molecule has 0 unspecified atom stereocenters. The van der Waals surface area contributed by atoms with E-state index in [1.54, 1.807) is 6.92 Å². The maximum atomic E-state index is 12.0. The van der Waals surface area contributed by atoms with Crippen molar-refractivity contribution < 1.29 is 8.42 Å². The van der Waals surface area contributed by atoms with Gasteiger partial charge >= 0.3 is 4.87 Å². The molecule has 1 fully saturated rings. The van der Waals surface area contributed by atoms with Gasteiger partial charge in [-0.1, -0.05) is 11.3 Å². The summed E-state index contributed by atoms with van der Waals surface area (Å²) in [7, 11) is -3.57. The molecular formula is C9H15N3O3S2. The van der Waals surface area contributed by atoms with Crippen molar-refractivity contribution >= 4 is 21.4 Å². The molecule has 2 rings (SSSR count). The molecule has 0 spiro atoms. The topological polar surface area (TPSA) is 91.1 Å². The fraction of sp³-hybridized carbons (Fsp3) is 0.667. The molecule has 1 aliphatic heterocycles. The highest BCUT2D eigenvalue weighted by atomic mass is 32.2. The van der Waals surface area contributed by atoms with Gasteiger partial charge in [-0.3, -0.25) is 4.79 Å². The molecule has 8 heteroatoms. The maximum Gasteiger partial charge on any atom is 0.305 e. The first-order valence-electron chi connectivity index (χ1n) is 5.42. The summed E-state index contributed by atoms with van der Waals surface area (Å²) in [5, 5.41) is 3.14. The number of thiazole rings is 1. The van der Waals surface area contributed by atoms with E-state index in [0.29, 0.717) is 12.2 Å². The van der Waals surface area contributed by atoms with E-state index < -0.39 is 10.0 Å². The average molecular weight is 277 g/mol. The van der Waals surface area contributed by atoms with Gasteiger partial charge in [0, 0.05) is 18.3 Å². The lowest BCUT2D eigenvalue weighted by Gasteiger charge is -2.23. The molecule has 96 valence electrons. The Kier molecular flexibility index (Phi) is 3.67. The van der Waals surface area contributed by atoms with E-state index in [1.165, 1.54) is 0 Å². The van der Waals surface area contributed by atoms with Gasteiger partial charge in [-0.25, -0.2) is 13.1 Å². The van der Waals surface area contributed by atoms with Crippen molar-refractivity contribution in [3.8, 4) is 0 Å². The fourth-order valence-electron chi connectivity index (χ4n) is 1.87. The van der Waals surface area contributed by atoms with Crippen LogP contribution >= 0.6 is 11.3 Å². The third-order valence-corrected chi connectivity index (χ3v) is 5.77. The first-order valence-corrected chi connectivity index (χ1v) is 7.72. The second kappa shape index (κ2) is 4.89. The van der Waals surface area contributed by atoms with Gasteiger partial charge in [0.2, 0.25) is 0 Å². The van der Waals surface area contributed by atoms with Crippen LogP contribution in [0, 0.1) is 6.92 Å². The molecule has 6 nitrogen and oxygen atoms in total. The Morgan fingerprint density at radius 3 is 2.76 bits per heavy atom.